The van der Waals surface area contributed by atoms with Crippen molar-refractivity contribution < 1.29 is 4.39 Å². The van der Waals surface area contributed by atoms with Crippen molar-refractivity contribution in [3.05, 3.63) is 34.1 Å². The molecule has 2 rings (SSSR count). The van der Waals surface area contributed by atoms with E-state index in [-0.39, 0.29) is 5.82 Å². The summed E-state index contributed by atoms with van der Waals surface area (Å²) < 4.78 is 14.1. The molecule has 17 heavy (non-hydrogen) atoms. The summed E-state index contributed by atoms with van der Waals surface area (Å²) in [4.78, 5) is 0. The van der Waals surface area contributed by atoms with Gasteiger partial charge in [0.05, 0.1) is 0 Å². The molecule has 0 amide bonds. The smallest absolute Gasteiger partial charge is 0.123 e. The van der Waals surface area contributed by atoms with Crippen LogP contribution in [0.5, 0.6) is 0 Å². The molecule has 1 nitrogen and oxygen atoms in total. The Morgan fingerprint density at radius 1 is 1.41 bits per heavy atom. The highest BCUT2D eigenvalue weighted by Gasteiger charge is 2.20. The molecule has 1 aromatic rings. The van der Waals surface area contributed by atoms with Crippen molar-refractivity contribution in [1.29, 1.82) is 0 Å². The molecule has 1 aromatic carbocycles. The average molecular weight is 300 g/mol. The minimum absolute atomic E-state index is 0.167. The highest BCUT2D eigenvalue weighted by atomic mass is 79.9. The number of nitrogens with one attached hydrogen (secondary N) is 1. The summed E-state index contributed by atoms with van der Waals surface area (Å²) in [5.41, 5.74) is 0.996. The Kier molecular flexibility index (Phi) is 4.57. The molecular formula is C14H19BrFN. The van der Waals surface area contributed by atoms with Crippen molar-refractivity contribution in [2.24, 2.45) is 11.8 Å². The Morgan fingerprint density at radius 2 is 2.24 bits per heavy atom. The molecule has 1 saturated carbocycles. The molecule has 0 bridgehead atoms. The number of hydrogen-bond donors (Lipinski definition) is 1. The van der Waals surface area contributed by atoms with Crippen LogP contribution < -0.4 is 5.32 Å². The number of hydrogen-bond acceptors (Lipinski definition) is 1. The second kappa shape index (κ2) is 5.96. The summed E-state index contributed by atoms with van der Waals surface area (Å²) in [6.07, 6.45) is 4.02. The lowest BCUT2D eigenvalue weighted by Gasteiger charge is -2.12. The van der Waals surface area contributed by atoms with E-state index in [9.17, 15) is 4.39 Å². The fourth-order valence-corrected chi connectivity index (χ4v) is 2.99. The maximum absolute atomic E-state index is 13.1. The molecule has 1 N–H and O–H groups in total. The largest absolute Gasteiger partial charge is 0.312 e. The number of rotatable bonds is 4. The number of benzene rings is 1. The van der Waals surface area contributed by atoms with E-state index in [1.54, 1.807) is 12.1 Å². The molecule has 1 fully saturated rings. The zero-order valence-corrected chi connectivity index (χ0v) is 11.8. The van der Waals surface area contributed by atoms with Crippen molar-refractivity contribution in [2.75, 3.05) is 6.54 Å². The Morgan fingerprint density at radius 3 is 2.94 bits per heavy atom. The van der Waals surface area contributed by atoms with Gasteiger partial charge in [0.25, 0.3) is 0 Å². The number of halogens is 2. The van der Waals surface area contributed by atoms with E-state index in [0.29, 0.717) is 0 Å². The van der Waals surface area contributed by atoms with Crippen LogP contribution in [0, 0.1) is 17.7 Å². The lowest BCUT2D eigenvalue weighted by Crippen LogP contribution is -2.21. The van der Waals surface area contributed by atoms with Crippen molar-refractivity contribution in [2.45, 2.75) is 32.7 Å². The topological polar surface area (TPSA) is 12.0 Å². The van der Waals surface area contributed by atoms with Gasteiger partial charge in [-0.05, 0) is 55.0 Å². The van der Waals surface area contributed by atoms with Crippen molar-refractivity contribution in [3.63, 3.8) is 0 Å². The first-order valence-corrected chi connectivity index (χ1v) is 7.09. The lowest BCUT2D eigenvalue weighted by molar-refractivity contribution is 0.470. The minimum atomic E-state index is -0.167. The van der Waals surface area contributed by atoms with E-state index in [4.69, 9.17) is 0 Å². The van der Waals surface area contributed by atoms with Crippen molar-refractivity contribution in [1.82, 2.24) is 5.32 Å². The molecule has 1 aliphatic rings. The van der Waals surface area contributed by atoms with Crippen LogP contribution in [0.2, 0.25) is 0 Å². The van der Waals surface area contributed by atoms with Crippen molar-refractivity contribution in [3.8, 4) is 0 Å². The Labute approximate surface area is 111 Å². The predicted octanol–water partition coefficient (Wildman–Crippen LogP) is 4.11. The summed E-state index contributed by atoms with van der Waals surface area (Å²) in [5, 5.41) is 3.44. The van der Waals surface area contributed by atoms with E-state index < -0.39 is 0 Å². The summed E-state index contributed by atoms with van der Waals surface area (Å²) in [6.45, 7) is 4.11. The van der Waals surface area contributed by atoms with E-state index >= 15 is 0 Å². The second-order valence-corrected chi connectivity index (χ2v) is 6.01. The fraction of sp³-hybridized carbons (Fsp3) is 0.571. The maximum atomic E-state index is 13.1. The van der Waals surface area contributed by atoms with E-state index in [2.05, 4.69) is 28.2 Å². The summed E-state index contributed by atoms with van der Waals surface area (Å²) in [5.74, 6) is 1.51. The first-order valence-electron chi connectivity index (χ1n) is 6.30. The zero-order chi connectivity index (χ0) is 12.3. The third-order valence-corrected chi connectivity index (χ3v) is 4.33. The van der Waals surface area contributed by atoms with E-state index in [0.717, 1.165) is 35.0 Å². The highest BCUT2D eigenvalue weighted by Crippen LogP contribution is 2.29. The summed E-state index contributed by atoms with van der Waals surface area (Å²) in [6, 6.07) is 4.84. The molecule has 2 atom stereocenters. The normalized spacial score (nSPS) is 24.2. The maximum Gasteiger partial charge on any atom is 0.123 e. The van der Waals surface area contributed by atoms with Gasteiger partial charge in [-0.25, -0.2) is 4.39 Å². The van der Waals surface area contributed by atoms with Crippen LogP contribution in [0.1, 0.15) is 31.7 Å². The third-order valence-electron chi connectivity index (χ3n) is 3.56. The van der Waals surface area contributed by atoms with Gasteiger partial charge in [0.1, 0.15) is 5.82 Å². The van der Waals surface area contributed by atoms with Crippen LogP contribution >= 0.6 is 15.9 Å². The average Bonchev–Trinajstić information content (AvgIpc) is 2.69. The quantitative estimate of drug-likeness (QED) is 0.882. The molecule has 2 unspecified atom stereocenters. The van der Waals surface area contributed by atoms with Gasteiger partial charge >= 0.3 is 0 Å². The fourth-order valence-electron chi connectivity index (χ4n) is 2.60. The van der Waals surface area contributed by atoms with Gasteiger partial charge in [-0.15, -0.1) is 0 Å². The van der Waals surface area contributed by atoms with Gasteiger partial charge in [0.2, 0.25) is 0 Å². The standard InChI is InChI=1S/C14H19BrFN/c1-10-2-3-11(6-10)8-17-9-12-7-13(16)4-5-14(12)15/h4-5,7,10-11,17H,2-3,6,8-9H2,1H3. The Balaban J connectivity index is 1.80. The van der Waals surface area contributed by atoms with E-state index in [1.165, 1.54) is 25.3 Å². The molecular weight excluding hydrogens is 281 g/mol. The van der Waals surface area contributed by atoms with Crippen LogP contribution in [0.15, 0.2) is 22.7 Å². The molecule has 0 spiro atoms. The highest BCUT2D eigenvalue weighted by molar-refractivity contribution is 9.10. The van der Waals surface area contributed by atoms with Crippen LogP contribution in [-0.4, -0.2) is 6.54 Å². The third kappa shape index (κ3) is 3.78. The Bertz CT molecular complexity index is 380. The van der Waals surface area contributed by atoms with Crippen LogP contribution in [0.3, 0.4) is 0 Å². The second-order valence-electron chi connectivity index (χ2n) is 5.15. The lowest BCUT2D eigenvalue weighted by atomic mass is 10.1. The van der Waals surface area contributed by atoms with Crippen LogP contribution in [0.25, 0.3) is 0 Å². The first kappa shape index (κ1) is 13.0. The monoisotopic (exact) mass is 299 g/mol. The predicted molar refractivity (Wildman–Crippen MR) is 72.3 cm³/mol. The van der Waals surface area contributed by atoms with Gasteiger partial charge in [0, 0.05) is 11.0 Å². The molecule has 1 aliphatic carbocycles. The zero-order valence-electron chi connectivity index (χ0n) is 10.2. The van der Waals surface area contributed by atoms with Crippen molar-refractivity contribution >= 4 is 15.9 Å². The Hall–Kier alpha value is -0.410. The minimum Gasteiger partial charge on any atom is -0.312 e. The van der Waals surface area contributed by atoms with Gasteiger partial charge < -0.3 is 5.32 Å². The summed E-state index contributed by atoms with van der Waals surface area (Å²) >= 11 is 3.45. The van der Waals surface area contributed by atoms with Crippen LogP contribution in [-0.2, 0) is 6.54 Å². The molecule has 0 radical (unpaired) electrons. The molecule has 94 valence electrons. The van der Waals surface area contributed by atoms with Gasteiger partial charge in [0.15, 0.2) is 0 Å². The summed E-state index contributed by atoms with van der Waals surface area (Å²) in [7, 11) is 0. The molecule has 0 aromatic heterocycles. The van der Waals surface area contributed by atoms with E-state index in [1.807, 2.05) is 0 Å². The van der Waals surface area contributed by atoms with Gasteiger partial charge in [-0.3, -0.25) is 0 Å². The molecule has 0 saturated heterocycles. The molecule has 3 heteroatoms. The van der Waals surface area contributed by atoms with Gasteiger partial charge in [-0.1, -0.05) is 29.3 Å². The molecule has 0 aliphatic heterocycles. The van der Waals surface area contributed by atoms with Gasteiger partial charge in [-0.2, -0.15) is 0 Å². The van der Waals surface area contributed by atoms with Crippen LogP contribution in [0.4, 0.5) is 4.39 Å². The molecule has 0 heterocycles. The SMILES string of the molecule is CC1CCC(CNCc2cc(F)ccc2Br)C1. The first-order chi connectivity index (χ1) is 8.15.